The quantitative estimate of drug-likeness (QED) is 0.552. The van der Waals surface area contributed by atoms with Crippen LogP contribution >= 0.6 is 0 Å². The fraction of sp³-hybridized carbons (Fsp3) is 0.261. The van der Waals surface area contributed by atoms with Gasteiger partial charge in [-0.15, -0.1) is 0 Å². The fourth-order valence-electron chi connectivity index (χ4n) is 3.56. The van der Waals surface area contributed by atoms with Gasteiger partial charge in [0.15, 0.2) is 0 Å². The third kappa shape index (κ3) is 3.30. The van der Waals surface area contributed by atoms with E-state index < -0.39 is 0 Å². The minimum Gasteiger partial charge on any atom is -0.465 e. The van der Waals surface area contributed by atoms with E-state index in [1.807, 2.05) is 55.6 Å². The van der Waals surface area contributed by atoms with Crippen molar-refractivity contribution in [2.45, 2.75) is 26.2 Å². The number of nitrogens with zero attached hydrogens (tertiary/aromatic N) is 1. The molecule has 1 aromatic heterocycles. The zero-order valence-corrected chi connectivity index (χ0v) is 15.7. The van der Waals surface area contributed by atoms with Crippen molar-refractivity contribution in [3.05, 3.63) is 71.8 Å². The third-order valence-electron chi connectivity index (χ3n) is 4.76. The molecular weight excluding hydrogens is 322 g/mol. The minimum atomic E-state index is -0.271. The van der Waals surface area contributed by atoms with Gasteiger partial charge < -0.3 is 9.30 Å². The lowest BCUT2D eigenvalue weighted by molar-refractivity contribution is 0.0600. The van der Waals surface area contributed by atoms with Crippen LogP contribution < -0.4 is 0 Å². The molecule has 0 saturated carbocycles. The molecule has 0 aliphatic heterocycles. The number of rotatable bonds is 6. The number of esters is 1. The molecule has 3 rings (SSSR count). The predicted octanol–water partition coefficient (Wildman–Crippen LogP) is 5.49. The molecule has 0 fully saturated rings. The van der Waals surface area contributed by atoms with Crippen molar-refractivity contribution >= 4 is 5.97 Å². The Kier molecular flexibility index (Phi) is 5.57. The highest BCUT2D eigenvalue weighted by atomic mass is 16.5. The van der Waals surface area contributed by atoms with Crippen LogP contribution in [0.5, 0.6) is 0 Å². The summed E-state index contributed by atoms with van der Waals surface area (Å²) >= 11 is 0. The monoisotopic (exact) mass is 347 g/mol. The van der Waals surface area contributed by atoms with Crippen molar-refractivity contribution in [3.8, 4) is 22.5 Å². The van der Waals surface area contributed by atoms with Crippen molar-refractivity contribution in [2.75, 3.05) is 7.11 Å². The topological polar surface area (TPSA) is 31.2 Å². The van der Waals surface area contributed by atoms with Crippen LogP contribution in [0, 0.1) is 0 Å². The van der Waals surface area contributed by atoms with E-state index >= 15 is 0 Å². The SMILES string of the molecule is CCCCc1c(C(=O)OC)c(-c2ccccc2)n(C)c1-c1ccccc1. The van der Waals surface area contributed by atoms with Crippen LogP contribution in [0.1, 0.15) is 35.7 Å². The van der Waals surface area contributed by atoms with Crippen molar-refractivity contribution in [1.82, 2.24) is 4.57 Å². The van der Waals surface area contributed by atoms with Gasteiger partial charge in [0.05, 0.1) is 24.1 Å². The molecular formula is C23H25NO2. The van der Waals surface area contributed by atoms with E-state index in [9.17, 15) is 4.79 Å². The largest absolute Gasteiger partial charge is 0.465 e. The van der Waals surface area contributed by atoms with Gasteiger partial charge >= 0.3 is 5.97 Å². The predicted molar refractivity (Wildman–Crippen MR) is 106 cm³/mol. The van der Waals surface area contributed by atoms with Gasteiger partial charge in [-0.3, -0.25) is 0 Å². The molecule has 3 nitrogen and oxygen atoms in total. The van der Waals surface area contributed by atoms with E-state index in [0.717, 1.165) is 47.3 Å². The van der Waals surface area contributed by atoms with Crippen LogP contribution in [0.3, 0.4) is 0 Å². The maximum Gasteiger partial charge on any atom is 0.340 e. The number of carbonyl (C=O) groups excluding carboxylic acids is 1. The molecule has 0 atom stereocenters. The van der Waals surface area contributed by atoms with Crippen LogP contribution in [0.15, 0.2) is 60.7 Å². The second-order valence-electron chi connectivity index (χ2n) is 6.44. The number of benzene rings is 2. The Hall–Kier alpha value is -2.81. The average Bonchev–Trinajstić information content (AvgIpc) is 2.99. The van der Waals surface area contributed by atoms with Crippen LogP contribution in [0.4, 0.5) is 0 Å². The van der Waals surface area contributed by atoms with Gasteiger partial charge in [-0.2, -0.15) is 0 Å². The molecule has 0 aliphatic rings. The molecule has 0 amide bonds. The molecule has 0 radical (unpaired) electrons. The number of unbranched alkanes of at least 4 members (excludes halogenated alkanes) is 1. The summed E-state index contributed by atoms with van der Waals surface area (Å²) in [5, 5.41) is 0. The van der Waals surface area contributed by atoms with Gasteiger partial charge in [0.1, 0.15) is 0 Å². The van der Waals surface area contributed by atoms with E-state index in [-0.39, 0.29) is 5.97 Å². The fourth-order valence-corrected chi connectivity index (χ4v) is 3.56. The molecule has 0 bridgehead atoms. The maximum absolute atomic E-state index is 12.8. The van der Waals surface area contributed by atoms with Crippen molar-refractivity contribution in [3.63, 3.8) is 0 Å². The Morgan fingerprint density at radius 3 is 1.96 bits per heavy atom. The van der Waals surface area contributed by atoms with Gasteiger partial charge in [0.2, 0.25) is 0 Å². The van der Waals surface area contributed by atoms with Gasteiger partial charge in [0.25, 0.3) is 0 Å². The molecule has 3 heteroatoms. The summed E-state index contributed by atoms with van der Waals surface area (Å²) in [5.41, 5.74) is 5.92. The molecule has 0 spiro atoms. The summed E-state index contributed by atoms with van der Waals surface area (Å²) in [6, 6.07) is 20.3. The Morgan fingerprint density at radius 1 is 0.923 bits per heavy atom. The highest BCUT2D eigenvalue weighted by Gasteiger charge is 2.27. The summed E-state index contributed by atoms with van der Waals surface area (Å²) in [7, 11) is 3.49. The van der Waals surface area contributed by atoms with Crippen LogP contribution in [-0.2, 0) is 18.2 Å². The molecule has 3 aromatic rings. The first kappa shape index (κ1) is 18.0. The summed E-state index contributed by atoms with van der Waals surface area (Å²) in [4.78, 5) is 12.8. The number of aromatic nitrogens is 1. The van der Waals surface area contributed by atoms with E-state index in [2.05, 4.69) is 23.6 Å². The van der Waals surface area contributed by atoms with Gasteiger partial charge in [-0.1, -0.05) is 74.0 Å². The highest BCUT2D eigenvalue weighted by Crippen LogP contribution is 2.38. The Morgan fingerprint density at radius 2 is 1.46 bits per heavy atom. The van der Waals surface area contributed by atoms with E-state index in [4.69, 9.17) is 4.74 Å². The molecule has 0 saturated heterocycles. The number of carbonyl (C=O) groups is 1. The average molecular weight is 347 g/mol. The van der Waals surface area contributed by atoms with Gasteiger partial charge in [-0.25, -0.2) is 4.79 Å². The van der Waals surface area contributed by atoms with Crippen molar-refractivity contribution < 1.29 is 9.53 Å². The molecule has 0 aliphatic carbocycles. The Bertz CT molecular complexity index is 880. The Labute approximate surface area is 155 Å². The zero-order chi connectivity index (χ0) is 18.5. The van der Waals surface area contributed by atoms with E-state index in [0.29, 0.717) is 5.56 Å². The van der Waals surface area contributed by atoms with Gasteiger partial charge in [-0.05, 0) is 29.5 Å². The van der Waals surface area contributed by atoms with Gasteiger partial charge in [0, 0.05) is 7.05 Å². The van der Waals surface area contributed by atoms with Crippen LogP contribution in [-0.4, -0.2) is 17.6 Å². The van der Waals surface area contributed by atoms with Crippen molar-refractivity contribution in [2.24, 2.45) is 7.05 Å². The van der Waals surface area contributed by atoms with Crippen molar-refractivity contribution in [1.29, 1.82) is 0 Å². The second kappa shape index (κ2) is 8.05. The second-order valence-corrected chi connectivity index (χ2v) is 6.44. The summed E-state index contributed by atoms with van der Waals surface area (Å²) in [6.07, 6.45) is 2.96. The lowest BCUT2D eigenvalue weighted by Crippen LogP contribution is -2.06. The first-order valence-electron chi connectivity index (χ1n) is 9.09. The lowest BCUT2D eigenvalue weighted by atomic mass is 9.97. The molecule has 0 unspecified atom stereocenters. The molecule has 134 valence electrons. The third-order valence-corrected chi connectivity index (χ3v) is 4.76. The molecule has 1 heterocycles. The first-order valence-corrected chi connectivity index (χ1v) is 9.09. The number of hydrogen-bond acceptors (Lipinski definition) is 2. The molecule has 0 N–H and O–H groups in total. The smallest absolute Gasteiger partial charge is 0.340 e. The zero-order valence-electron chi connectivity index (χ0n) is 15.7. The molecule has 2 aromatic carbocycles. The van der Waals surface area contributed by atoms with E-state index in [1.165, 1.54) is 7.11 Å². The lowest BCUT2D eigenvalue weighted by Gasteiger charge is -2.10. The van der Waals surface area contributed by atoms with Crippen LogP contribution in [0.25, 0.3) is 22.5 Å². The number of ether oxygens (including phenoxy) is 1. The summed E-state index contributed by atoms with van der Waals surface area (Å²) in [5.74, 6) is -0.271. The number of methoxy groups -OCH3 is 1. The Balaban J connectivity index is 2.33. The number of hydrogen-bond donors (Lipinski definition) is 0. The van der Waals surface area contributed by atoms with E-state index in [1.54, 1.807) is 0 Å². The maximum atomic E-state index is 12.8. The summed E-state index contributed by atoms with van der Waals surface area (Å²) in [6.45, 7) is 2.17. The normalized spacial score (nSPS) is 10.7. The minimum absolute atomic E-state index is 0.271. The first-order chi connectivity index (χ1) is 12.7. The standard InChI is InChI=1S/C23H25NO2/c1-4-5-16-19-20(23(25)26-3)22(18-14-10-7-11-15-18)24(2)21(19)17-12-8-6-9-13-17/h6-15H,4-5,16H2,1-3H3. The van der Waals surface area contributed by atoms with Crippen LogP contribution in [0.2, 0.25) is 0 Å². The highest BCUT2D eigenvalue weighted by molar-refractivity contribution is 6.01. The summed E-state index contributed by atoms with van der Waals surface area (Å²) < 4.78 is 7.31. The molecule has 26 heavy (non-hydrogen) atoms.